The summed E-state index contributed by atoms with van der Waals surface area (Å²) in [6.07, 6.45) is 0. The molecule has 0 aliphatic carbocycles. The van der Waals surface area contributed by atoms with E-state index in [0.29, 0.717) is 16.3 Å². The van der Waals surface area contributed by atoms with Crippen LogP contribution in [0.15, 0.2) is 42.5 Å². The molecule has 0 amide bonds. The molecule has 2 N–H and O–H groups in total. The molecule has 0 aliphatic heterocycles. The largest absolute Gasteiger partial charge is 0.487 e. The average Bonchev–Trinajstić information content (AvgIpc) is 2.45. The molecule has 0 spiro atoms. The van der Waals surface area contributed by atoms with Crippen molar-refractivity contribution in [3.63, 3.8) is 0 Å². The lowest BCUT2D eigenvalue weighted by molar-refractivity contribution is 0.304. The Kier molecular flexibility index (Phi) is 5.00. The molecule has 0 fully saturated rings. The van der Waals surface area contributed by atoms with Crippen molar-refractivity contribution in [2.45, 2.75) is 6.61 Å². The fraction of sp³-hybridized carbons (Fsp3) is 0.125. The molecule has 0 aromatic heterocycles. The Morgan fingerprint density at radius 2 is 2.00 bits per heavy atom. The Morgan fingerprint density at radius 1 is 1.20 bits per heavy atom. The molecule has 0 bridgehead atoms. The van der Waals surface area contributed by atoms with Gasteiger partial charge < -0.3 is 10.5 Å². The van der Waals surface area contributed by atoms with Gasteiger partial charge in [-0.1, -0.05) is 41.6 Å². The fourth-order valence-corrected chi connectivity index (χ4v) is 1.83. The molecule has 0 aliphatic rings. The zero-order valence-electron chi connectivity index (χ0n) is 10.7. The SMILES string of the molecule is NCC#Cc1ccc(F)cc1OCc1ccccc1Cl. The molecule has 4 heteroatoms. The van der Waals surface area contributed by atoms with Gasteiger partial charge in [-0.15, -0.1) is 0 Å². The van der Waals surface area contributed by atoms with E-state index in [0.717, 1.165) is 5.56 Å². The zero-order valence-corrected chi connectivity index (χ0v) is 11.5. The molecule has 2 rings (SSSR count). The van der Waals surface area contributed by atoms with Gasteiger partial charge in [-0.05, 0) is 18.2 Å². The summed E-state index contributed by atoms with van der Waals surface area (Å²) >= 11 is 6.05. The lowest BCUT2D eigenvalue weighted by Gasteiger charge is -2.09. The molecular weight excluding hydrogens is 277 g/mol. The number of hydrogen-bond donors (Lipinski definition) is 1. The summed E-state index contributed by atoms with van der Waals surface area (Å²) in [5.74, 6) is 5.58. The van der Waals surface area contributed by atoms with Crippen LogP contribution in [0.2, 0.25) is 5.02 Å². The van der Waals surface area contributed by atoms with Crippen LogP contribution in [-0.2, 0) is 6.61 Å². The normalized spacial score (nSPS) is 9.75. The summed E-state index contributed by atoms with van der Waals surface area (Å²) < 4.78 is 18.9. The first-order valence-electron chi connectivity index (χ1n) is 6.05. The standard InChI is InChI=1S/C16H13ClFNO/c17-15-6-2-1-4-13(15)11-20-16-10-14(18)8-7-12(16)5-3-9-19/h1-2,4,6-8,10H,9,11,19H2. The molecule has 0 heterocycles. The lowest BCUT2D eigenvalue weighted by Crippen LogP contribution is -1.99. The van der Waals surface area contributed by atoms with Gasteiger partial charge >= 0.3 is 0 Å². The first-order chi connectivity index (χ1) is 9.70. The van der Waals surface area contributed by atoms with E-state index in [4.69, 9.17) is 22.1 Å². The van der Waals surface area contributed by atoms with Crippen LogP contribution in [-0.4, -0.2) is 6.54 Å². The topological polar surface area (TPSA) is 35.2 Å². The summed E-state index contributed by atoms with van der Waals surface area (Å²) in [6.45, 7) is 0.488. The molecule has 0 atom stereocenters. The van der Waals surface area contributed by atoms with Crippen molar-refractivity contribution in [1.82, 2.24) is 0 Å². The highest BCUT2D eigenvalue weighted by Crippen LogP contribution is 2.22. The Balaban J connectivity index is 2.20. The predicted molar refractivity (Wildman–Crippen MR) is 78.1 cm³/mol. The van der Waals surface area contributed by atoms with E-state index in [-0.39, 0.29) is 19.0 Å². The number of rotatable bonds is 3. The average molecular weight is 290 g/mol. The maximum atomic E-state index is 13.3. The third-order valence-electron chi connectivity index (χ3n) is 2.61. The van der Waals surface area contributed by atoms with Crippen LogP contribution in [0, 0.1) is 17.7 Å². The van der Waals surface area contributed by atoms with E-state index < -0.39 is 0 Å². The van der Waals surface area contributed by atoms with Gasteiger partial charge in [-0.2, -0.15) is 0 Å². The minimum Gasteiger partial charge on any atom is -0.487 e. The Labute approximate surface area is 122 Å². The Bertz CT molecular complexity index is 661. The van der Waals surface area contributed by atoms with E-state index in [2.05, 4.69) is 11.8 Å². The van der Waals surface area contributed by atoms with Gasteiger partial charge in [-0.3, -0.25) is 0 Å². The molecule has 2 aromatic carbocycles. The van der Waals surface area contributed by atoms with Crippen molar-refractivity contribution in [1.29, 1.82) is 0 Å². The van der Waals surface area contributed by atoms with Gasteiger partial charge in [0.2, 0.25) is 0 Å². The second-order valence-electron chi connectivity index (χ2n) is 4.03. The van der Waals surface area contributed by atoms with E-state index in [1.165, 1.54) is 12.1 Å². The van der Waals surface area contributed by atoms with Crippen molar-refractivity contribution in [2.75, 3.05) is 6.54 Å². The van der Waals surface area contributed by atoms with E-state index >= 15 is 0 Å². The Hall–Kier alpha value is -2.02. The van der Waals surface area contributed by atoms with Crippen molar-refractivity contribution >= 4 is 11.6 Å². The first kappa shape index (κ1) is 14.4. The molecule has 2 aromatic rings. The highest BCUT2D eigenvalue weighted by atomic mass is 35.5. The maximum absolute atomic E-state index is 13.3. The first-order valence-corrected chi connectivity index (χ1v) is 6.43. The van der Waals surface area contributed by atoms with Crippen LogP contribution in [0.3, 0.4) is 0 Å². The summed E-state index contributed by atoms with van der Waals surface area (Å²) in [4.78, 5) is 0. The van der Waals surface area contributed by atoms with Gasteiger partial charge in [-0.25, -0.2) is 4.39 Å². The highest BCUT2D eigenvalue weighted by Gasteiger charge is 2.05. The van der Waals surface area contributed by atoms with Crippen LogP contribution < -0.4 is 10.5 Å². The smallest absolute Gasteiger partial charge is 0.138 e. The van der Waals surface area contributed by atoms with E-state index in [1.54, 1.807) is 12.1 Å². The summed E-state index contributed by atoms with van der Waals surface area (Å²) in [6, 6.07) is 11.5. The Morgan fingerprint density at radius 3 is 2.75 bits per heavy atom. The number of ether oxygens (including phenoxy) is 1. The second kappa shape index (κ2) is 6.95. The summed E-state index contributed by atoms with van der Waals surface area (Å²) in [5.41, 5.74) is 6.77. The van der Waals surface area contributed by atoms with Crippen molar-refractivity contribution in [3.8, 4) is 17.6 Å². The predicted octanol–water partition coefficient (Wildman–Crippen LogP) is 3.37. The molecule has 102 valence electrons. The van der Waals surface area contributed by atoms with E-state index in [1.807, 2.05) is 18.2 Å². The molecule has 20 heavy (non-hydrogen) atoms. The molecule has 0 saturated carbocycles. The molecule has 0 radical (unpaired) electrons. The zero-order chi connectivity index (χ0) is 14.4. The quantitative estimate of drug-likeness (QED) is 0.879. The highest BCUT2D eigenvalue weighted by molar-refractivity contribution is 6.31. The minimum atomic E-state index is -0.377. The van der Waals surface area contributed by atoms with E-state index in [9.17, 15) is 4.39 Å². The minimum absolute atomic E-state index is 0.237. The van der Waals surface area contributed by atoms with Crippen molar-refractivity contribution in [3.05, 3.63) is 64.4 Å². The van der Waals surface area contributed by atoms with Crippen LogP contribution in [0.4, 0.5) is 4.39 Å². The third kappa shape index (κ3) is 3.74. The van der Waals surface area contributed by atoms with Gasteiger partial charge in [0, 0.05) is 16.7 Å². The van der Waals surface area contributed by atoms with Gasteiger partial charge in [0.15, 0.2) is 0 Å². The third-order valence-corrected chi connectivity index (χ3v) is 2.98. The monoisotopic (exact) mass is 289 g/mol. The van der Waals surface area contributed by atoms with Gasteiger partial charge in [0.1, 0.15) is 18.2 Å². The van der Waals surface area contributed by atoms with Gasteiger partial charge in [0.05, 0.1) is 12.1 Å². The van der Waals surface area contributed by atoms with Crippen molar-refractivity contribution in [2.24, 2.45) is 5.73 Å². The molecule has 2 nitrogen and oxygen atoms in total. The summed E-state index contributed by atoms with van der Waals surface area (Å²) in [5, 5.41) is 0.610. The number of benzene rings is 2. The van der Waals surface area contributed by atoms with Crippen LogP contribution in [0.25, 0.3) is 0 Å². The van der Waals surface area contributed by atoms with Gasteiger partial charge in [0.25, 0.3) is 0 Å². The summed E-state index contributed by atoms with van der Waals surface area (Å²) in [7, 11) is 0. The number of halogens is 2. The lowest BCUT2D eigenvalue weighted by atomic mass is 10.2. The van der Waals surface area contributed by atoms with Crippen LogP contribution in [0.1, 0.15) is 11.1 Å². The molecular formula is C16H13ClFNO. The van der Waals surface area contributed by atoms with Crippen LogP contribution in [0.5, 0.6) is 5.75 Å². The van der Waals surface area contributed by atoms with Crippen molar-refractivity contribution < 1.29 is 9.13 Å². The molecule has 0 unspecified atom stereocenters. The second-order valence-corrected chi connectivity index (χ2v) is 4.43. The maximum Gasteiger partial charge on any atom is 0.138 e. The van der Waals surface area contributed by atoms with Crippen LogP contribution >= 0.6 is 11.6 Å². The number of hydrogen-bond acceptors (Lipinski definition) is 2. The fourth-order valence-electron chi connectivity index (χ4n) is 1.64. The molecule has 0 saturated heterocycles. The number of nitrogens with two attached hydrogens (primary N) is 1.